The molecule has 0 aliphatic rings. The third-order valence-electron chi connectivity index (χ3n) is 2.60. The van der Waals surface area contributed by atoms with Gasteiger partial charge in [0.25, 0.3) is 0 Å². The molecule has 1 heterocycles. The van der Waals surface area contributed by atoms with Crippen LogP contribution >= 0.6 is 0 Å². The van der Waals surface area contributed by atoms with Gasteiger partial charge < -0.3 is 10.8 Å². The summed E-state index contributed by atoms with van der Waals surface area (Å²) in [6, 6.07) is 9.73. The lowest BCUT2D eigenvalue weighted by atomic mass is 10.2. The number of para-hydroxylation sites is 1. The highest BCUT2D eigenvalue weighted by Gasteiger charge is 2.17. The Hall–Kier alpha value is -1.72. The van der Waals surface area contributed by atoms with Gasteiger partial charge in [0.2, 0.25) is 0 Å². The molecule has 3 N–H and O–H groups in total. The molecule has 0 radical (unpaired) electrons. The molecular weight excluding hydrogens is 216 g/mol. The summed E-state index contributed by atoms with van der Waals surface area (Å²) in [7, 11) is 0. The molecule has 0 saturated heterocycles. The molecule has 5 nitrogen and oxygen atoms in total. The van der Waals surface area contributed by atoms with Crippen molar-refractivity contribution in [2.45, 2.75) is 19.4 Å². The Labute approximate surface area is 99.9 Å². The first-order valence-corrected chi connectivity index (χ1v) is 5.59. The number of nitrogens with zero attached hydrogens (tertiary/aromatic N) is 3. The van der Waals surface area contributed by atoms with Gasteiger partial charge in [-0.1, -0.05) is 18.2 Å². The van der Waals surface area contributed by atoms with Crippen LogP contribution in [0, 0.1) is 6.92 Å². The van der Waals surface area contributed by atoms with Crippen LogP contribution in [0.5, 0.6) is 0 Å². The van der Waals surface area contributed by atoms with Crippen molar-refractivity contribution in [1.82, 2.24) is 14.8 Å². The van der Waals surface area contributed by atoms with Crippen molar-refractivity contribution >= 4 is 0 Å². The van der Waals surface area contributed by atoms with Gasteiger partial charge in [-0.2, -0.15) is 0 Å². The van der Waals surface area contributed by atoms with Crippen molar-refractivity contribution in [1.29, 1.82) is 0 Å². The van der Waals surface area contributed by atoms with E-state index in [1.165, 1.54) is 0 Å². The zero-order chi connectivity index (χ0) is 12.3. The average molecular weight is 232 g/mol. The summed E-state index contributed by atoms with van der Waals surface area (Å²) in [6.07, 6.45) is -0.202. The van der Waals surface area contributed by atoms with E-state index in [2.05, 4.69) is 10.2 Å². The maximum atomic E-state index is 9.97. The molecular formula is C12H16N4O. The minimum absolute atomic E-state index is 0.419. The number of aliphatic hydroxyl groups excluding tert-OH is 1. The predicted molar refractivity (Wildman–Crippen MR) is 64.7 cm³/mol. The van der Waals surface area contributed by atoms with Crippen LogP contribution in [0.25, 0.3) is 5.69 Å². The first-order chi connectivity index (χ1) is 8.24. The van der Waals surface area contributed by atoms with Crippen molar-refractivity contribution < 1.29 is 5.11 Å². The van der Waals surface area contributed by atoms with E-state index < -0.39 is 6.10 Å². The Bertz CT molecular complexity index is 481. The van der Waals surface area contributed by atoms with Crippen LogP contribution in [0.2, 0.25) is 0 Å². The second-order valence-corrected chi connectivity index (χ2v) is 3.87. The fourth-order valence-electron chi connectivity index (χ4n) is 1.78. The Morgan fingerprint density at radius 2 is 2.00 bits per heavy atom. The molecule has 5 heteroatoms. The molecule has 1 atom stereocenters. The van der Waals surface area contributed by atoms with Crippen molar-refractivity contribution in [3.05, 3.63) is 42.0 Å². The second-order valence-electron chi connectivity index (χ2n) is 3.87. The Kier molecular flexibility index (Phi) is 3.51. The average Bonchev–Trinajstić information content (AvgIpc) is 2.73. The molecule has 17 heavy (non-hydrogen) atoms. The number of nitrogens with two attached hydrogens (primary N) is 1. The van der Waals surface area contributed by atoms with Crippen molar-refractivity contribution in [3.63, 3.8) is 0 Å². The van der Waals surface area contributed by atoms with Crippen LogP contribution in [-0.4, -0.2) is 26.4 Å². The monoisotopic (exact) mass is 232 g/mol. The molecule has 0 fully saturated rings. The van der Waals surface area contributed by atoms with Crippen molar-refractivity contribution in [2.75, 3.05) is 6.54 Å². The van der Waals surface area contributed by atoms with Crippen LogP contribution in [0.1, 0.15) is 24.2 Å². The van der Waals surface area contributed by atoms with Gasteiger partial charge in [-0.3, -0.25) is 4.57 Å². The van der Waals surface area contributed by atoms with E-state index in [1.54, 1.807) is 0 Å². The van der Waals surface area contributed by atoms with Gasteiger partial charge in [-0.15, -0.1) is 10.2 Å². The molecule has 0 aliphatic heterocycles. The number of hydrogen-bond acceptors (Lipinski definition) is 4. The Morgan fingerprint density at radius 3 is 2.65 bits per heavy atom. The van der Waals surface area contributed by atoms with Crippen LogP contribution in [0.4, 0.5) is 0 Å². The standard InChI is InChI=1S/C12H16N4O/c1-9-14-15-12(11(17)7-8-13)16(9)10-5-3-2-4-6-10/h2-6,11,17H,7-8,13H2,1H3. The number of aromatic nitrogens is 3. The summed E-state index contributed by atoms with van der Waals surface area (Å²) in [4.78, 5) is 0. The molecule has 1 unspecified atom stereocenters. The van der Waals surface area contributed by atoms with Crippen LogP contribution in [0.3, 0.4) is 0 Å². The van der Waals surface area contributed by atoms with E-state index in [1.807, 2.05) is 41.8 Å². The molecule has 0 spiro atoms. The number of hydrogen-bond donors (Lipinski definition) is 2. The summed E-state index contributed by atoms with van der Waals surface area (Å²) in [5.74, 6) is 1.29. The Morgan fingerprint density at radius 1 is 1.29 bits per heavy atom. The molecule has 1 aromatic heterocycles. The highest BCUT2D eigenvalue weighted by Crippen LogP contribution is 2.19. The topological polar surface area (TPSA) is 77.0 Å². The van der Waals surface area contributed by atoms with E-state index in [0.717, 1.165) is 11.5 Å². The lowest BCUT2D eigenvalue weighted by Gasteiger charge is -2.12. The molecule has 0 saturated carbocycles. The van der Waals surface area contributed by atoms with Gasteiger partial charge in [-0.05, 0) is 32.0 Å². The largest absolute Gasteiger partial charge is 0.385 e. The minimum Gasteiger partial charge on any atom is -0.385 e. The lowest BCUT2D eigenvalue weighted by Crippen LogP contribution is -2.12. The third kappa shape index (κ3) is 2.35. The molecule has 2 aromatic rings. The molecule has 0 amide bonds. The summed E-state index contributed by atoms with van der Waals surface area (Å²) < 4.78 is 1.85. The van der Waals surface area contributed by atoms with Gasteiger partial charge in [0.1, 0.15) is 11.9 Å². The predicted octanol–water partition coefficient (Wildman–Crippen LogP) is 0.958. The fourth-order valence-corrected chi connectivity index (χ4v) is 1.78. The number of aliphatic hydroxyl groups is 1. The molecule has 1 aromatic carbocycles. The summed E-state index contributed by atoms with van der Waals surface area (Å²) in [5, 5.41) is 18.0. The highest BCUT2D eigenvalue weighted by molar-refractivity contribution is 5.34. The highest BCUT2D eigenvalue weighted by atomic mass is 16.3. The summed E-state index contributed by atoms with van der Waals surface area (Å²) in [5.41, 5.74) is 6.39. The Balaban J connectivity index is 2.43. The van der Waals surface area contributed by atoms with Gasteiger partial charge in [0, 0.05) is 5.69 Å². The maximum absolute atomic E-state index is 9.97. The van der Waals surface area contributed by atoms with E-state index in [0.29, 0.717) is 18.8 Å². The normalized spacial score (nSPS) is 12.6. The van der Waals surface area contributed by atoms with Gasteiger partial charge >= 0.3 is 0 Å². The fraction of sp³-hybridized carbons (Fsp3) is 0.333. The van der Waals surface area contributed by atoms with E-state index in [9.17, 15) is 5.11 Å². The summed E-state index contributed by atoms with van der Waals surface area (Å²) in [6.45, 7) is 2.28. The smallest absolute Gasteiger partial charge is 0.166 e. The van der Waals surface area contributed by atoms with Crippen molar-refractivity contribution in [3.8, 4) is 5.69 Å². The van der Waals surface area contributed by atoms with Crippen LogP contribution in [-0.2, 0) is 0 Å². The SMILES string of the molecule is Cc1nnc(C(O)CCN)n1-c1ccccc1. The van der Waals surface area contributed by atoms with E-state index >= 15 is 0 Å². The van der Waals surface area contributed by atoms with E-state index in [4.69, 9.17) is 5.73 Å². The first-order valence-electron chi connectivity index (χ1n) is 5.59. The number of benzene rings is 1. The third-order valence-corrected chi connectivity index (χ3v) is 2.60. The quantitative estimate of drug-likeness (QED) is 0.823. The zero-order valence-electron chi connectivity index (χ0n) is 9.74. The molecule has 2 rings (SSSR count). The van der Waals surface area contributed by atoms with Gasteiger partial charge in [0.05, 0.1) is 0 Å². The van der Waals surface area contributed by atoms with Crippen LogP contribution < -0.4 is 5.73 Å². The molecule has 0 aliphatic carbocycles. The second kappa shape index (κ2) is 5.07. The van der Waals surface area contributed by atoms with Gasteiger partial charge in [0.15, 0.2) is 5.82 Å². The van der Waals surface area contributed by atoms with Crippen molar-refractivity contribution in [2.24, 2.45) is 5.73 Å². The molecule has 0 bridgehead atoms. The number of rotatable bonds is 4. The lowest BCUT2D eigenvalue weighted by molar-refractivity contribution is 0.158. The first kappa shape index (κ1) is 11.8. The maximum Gasteiger partial charge on any atom is 0.166 e. The number of aryl methyl sites for hydroxylation is 1. The summed E-state index contributed by atoms with van der Waals surface area (Å²) >= 11 is 0. The van der Waals surface area contributed by atoms with E-state index in [-0.39, 0.29) is 0 Å². The molecule has 90 valence electrons. The van der Waals surface area contributed by atoms with Gasteiger partial charge in [-0.25, -0.2) is 0 Å². The van der Waals surface area contributed by atoms with Crippen LogP contribution in [0.15, 0.2) is 30.3 Å². The zero-order valence-corrected chi connectivity index (χ0v) is 9.74. The minimum atomic E-state index is -0.679.